The molecule has 0 aromatic rings. The lowest BCUT2D eigenvalue weighted by molar-refractivity contribution is -0.0599. The van der Waals surface area contributed by atoms with Crippen molar-refractivity contribution in [1.29, 1.82) is 0 Å². The van der Waals surface area contributed by atoms with Crippen molar-refractivity contribution in [2.24, 2.45) is 11.5 Å². The second-order valence-corrected chi connectivity index (χ2v) is 2.36. The Balaban J connectivity index is 3.13. The van der Waals surface area contributed by atoms with E-state index in [0.717, 1.165) is 12.8 Å². The van der Waals surface area contributed by atoms with Gasteiger partial charge in [0.15, 0.2) is 6.29 Å². The summed E-state index contributed by atoms with van der Waals surface area (Å²) in [6.07, 6.45) is 0.975. The monoisotopic (exact) mass is 148 g/mol. The minimum atomic E-state index is -1.39. The van der Waals surface area contributed by atoms with Crippen molar-refractivity contribution < 1.29 is 10.2 Å². The molecule has 0 radical (unpaired) electrons. The molecule has 62 valence electrons. The predicted molar refractivity (Wildman–Crippen MR) is 39.1 cm³/mol. The minimum absolute atomic E-state index is 0.522. The van der Waals surface area contributed by atoms with Gasteiger partial charge in [-0.05, 0) is 19.4 Å². The van der Waals surface area contributed by atoms with E-state index >= 15 is 0 Å². The van der Waals surface area contributed by atoms with Crippen LogP contribution < -0.4 is 11.5 Å². The highest BCUT2D eigenvalue weighted by Crippen LogP contribution is 1.99. The Morgan fingerprint density at radius 1 is 1.20 bits per heavy atom. The second kappa shape index (κ2) is 5.61. The van der Waals surface area contributed by atoms with E-state index in [0.29, 0.717) is 13.0 Å². The Bertz CT molecular complexity index is 78.1. The van der Waals surface area contributed by atoms with Crippen molar-refractivity contribution >= 4 is 0 Å². The van der Waals surface area contributed by atoms with Gasteiger partial charge in [0, 0.05) is 0 Å². The van der Waals surface area contributed by atoms with E-state index in [2.05, 4.69) is 0 Å². The second-order valence-electron chi connectivity index (χ2n) is 2.36. The Hall–Kier alpha value is -0.160. The standard InChI is InChI=1S/C6H16N2O2/c7-4-2-1-3-5(8)6(9)10/h5-6,9-10H,1-4,7-8H2/t5-/m1/s1. The molecule has 0 spiro atoms. The summed E-state index contributed by atoms with van der Waals surface area (Å²) in [6.45, 7) is 0.633. The first-order valence-corrected chi connectivity index (χ1v) is 3.50. The molecule has 4 heteroatoms. The average Bonchev–Trinajstić information content (AvgIpc) is 1.88. The molecule has 0 aromatic heterocycles. The average molecular weight is 148 g/mol. The van der Waals surface area contributed by atoms with Gasteiger partial charge in [0.05, 0.1) is 6.04 Å². The number of hydrogen-bond donors (Lipinski definition) is 4. The third-order valence-corrected chi connectivity index (χ3v) is 1.37. The van der Waals surface area contributed by atoms with E-state index in [1.807, 2.05) is 0 Å². The maximum atomic E-state index is 8.52. The first-order chi connectivity index (χ1) is 4.68. The fourth-order valence-corrected chi connectivity index (χ4v) is 0.673. The SMILES string of the molecule is NCCCC[C@@H](N)C(O)O. The van der Waals surface area contributed by atoms with Gasteiger partial charge in [0.2, 0.25) is 0 Å². The smallest absolute Gasteiger partial charge is 0.166 e. The van der Waals surface area contributed by atoms with E-state index in [1.54, 1.807) is 0 Å². The van der Waals surface area contributed by atoms with Crippen LogP contribution in [-0.4, -0.2) is 29.1 Å². The molecule has 0 aliphatic carbocycles. The highest BCUT2D eigenvalue weighted by Gasteiger charge is 2.08. The van der Waals surface area contributed by atoms with Crippen LogP contribution in [0.3, 0.4) is 0 Å². The van der Waals surface area contributed by atoms with Crippen LogP contribution in [0.5, 0.6) is 0 Å². The van der Waals surface area contributed by atoms with Gasteiger partial charge in [-0.15, -0.1) is 0 Å². The molecule has 4 nitrogen and oxygen atoms in total. The number of aliphatic hydroxyl groups is 2. The zero-order valence-corrected chi connectivity index (χ0v) is 6.03. The molecule has 0 saturated carbocycles. The molecule has 0 amide bonds. The maximum Gasteiger partial charge on any atom is 0.166 e. The summed E-state index contributed by atoms with van der Waals surface area (Å²) in [7, 11) is 0. The van der Waals surface area contributed by atoms with Gasteiger partial charge in [-0.1, -0.05) is 6.42 Å². The number of rotatable bonds is 5. The Morgan fingerprint density at radius 3 is 2.20 bits per heavy atom. The first kappa shape index (κ1) is 9.84. The van der Waals surface area contributed by atoms with Crippen molar-refractivity contribution in [2.75, 3.05) is 6.54 Å². The molecule has 1 atom stereocenters. The van der Waals surface area contributed by atoms with Gasteiger partial charge >= 0.3 is 0 Å². The van der Waals surface area contributed by atoms with Crippen molar-refractivity contribution in [1.82, 2.24) is 0 Å². The van der Waals surface area contributed by atoms with Crippen LogP contribution in [0.4, 0.5) is 0 Å². The Kier molecular flexibility index (Phi) is 5.52. The van der Waals surface area contributed by atoms with Crippen LogP contribution in [-0.2, 0) is 0 Å². The van der Waals surface area contributed by atoms with Crippen molar-refractivity contribution in [3.05, 3.63) is 0 Å². The number of nitrogens with two attached hydrogens (primary N) is 2. The van der Waals surface area contributed by atoms with Crippen LogP contribution >= 0.6 is 0 Å². The van der Waals surface area contributed by atoms with E-state index in [-0.39, 0.29) is 0 Å². The number of hydrogen-bond acceptors (Lipinski definition) is 4. The van der Waals surface area contributed by atoms with Gasteiger partial charge in [-0.25, -0.2) is 0 Å². The third-order valence-electron chi connectivity index (χ3n) is 1.37. The third kappa shape index (κ3) is 4.69. The zero-order chi connectivity index (χ0) is 7.98. The largest absolute Gasteiger partial charge is 0.367 e. The molecule has 0 aromatic carbocycles. The van der Waals surface area contributed by atoms with E-state index in [4.69, 9.17) is 21.7 Å². The fraction of sp³-hybridized carbons (Fsp3) is 1.00. The lowest BCUT2D eigenvalue weighted by Crippen LogP contribution is -2.34. The van der Waals surface area contributed by atoms with Gasteiger partial charge in [0.25, 0.3) is 0 Å². The molecule has 6 N–H and O–H groups in total. The molecule has 0 rings (SSSR count). The summed E-state index contributed by atoms with van der Waals surface area (Å²) in [5, 5.41) is 17.0. The van der Waals surface area contributed by atoms with Gasteiger partial charge in [0.1, 0.15) is 0 Å². The molecule has 0 aliphatic heterocycles. The van der Waals surface area contributed by atoms with Crippen molar-refractivity contribution in [3.63, 3.8) is 0 Å². The van der Waals surface area contributed by atoms with E-state index < -0.39 is 12.3 Å². The minimum Gasteiger partial charge on any atom is -0.367 e. The highest BCUT2D eigenvalue weighted by molar-refractivity contribution is 4.62. The summed E-state index contributed by atoms with van der Waals surface area (Å²) in [4.78, 5) is 0. The molecule has 0 aliphatic rings. The van der Waals surface area contributed by atoms with Crippen LogP contribution in [0.1, 0.15) is 19.3 Å². The predicted octanol–water partition coefficient (Wildman–Crippen LogP) is -1.25. The molecule has 0 bridgehead atoms. The van der Waals surface area contributed by atoms with Gasteiger partial charge < -0.3 is 21.7 Å². The summed E-state index contributed by atoms with van der Waals surface area (Å²) >= 11 is 0. The lowest BCUT2D eigenvalue weighted by atomic mass is 10.1. The first-order valence-electron chi connectivity index (χ1n) is 3.50. The molecule has 0 unspecified atom stereocenters. The molecule has 0 fully saturated rings. The zero-order valence-electron chi connectivity index (χ0n) is 6.03. The normalized spacial score (nSPS) is 14.1. The summed E-state index contributed by atoms with van der Waals surface area (Å²) in [6, 6.07) is -0.522. The van der Waals surface area contributed by atoms with Crippen LogP contribution in [0, 0.1) is 0 Å². The topological polar surface area (TPSA) is 92.5 Å². The number of aliphatic hydroxyl groups excluding tert-OH is 1. The van der Waals surface area contributed by atoms with Crippen molar-refractivity contribution in [3.8, 4) is 0 Å². The van der Waals surface area contributed by atoms with Crippen molar-refractivity contribution in [2.45, 2.75) is 31.6 Å². The quantitative estimate of drug-likeness (QED) is 0.289. The molecule has 0 heterocycles. The molecular formula is C6H16N2O2. The Labute approximate surface area is 60.8 Å². The van der Waals surface area contributed by atoms with E-state index in [9.17, 15) is 0 Å². The lowest BCUT2D eigenvalue weighted by Gasteiger charge is -2.12. The van der Waals surface area contributed by atoms with Gasteiger partial charge in [-0.3, -0.25) is 0 Å². The van der Waals surface area contributed by atoms with E-state index in [1.165, 1.54) is 0 Å². The van der Waals surface area contributed by atoms with Crippen LogP contribution in [0.15, 0.2) is 0 Å². The maximum absolute atomic E-state index is 8.52. The Morgan fingerprint density at radius 2 is 1.80 bits per heavy atom. The summed E-state index contributed by atoms with van der Waals surface area (Å²) in [5.74, 6) is 0. The molecule has 0 saturated heterocycles. The molecular weight excluding hydrogens is 132 g/mol. The van der Waals surface area contributed by atoms with Crippen LogP contribution in [0.2, 0.25) is 0 Å². The van der Waals surface area contributed by atoms with Gasteiger partial charge in [-0.2, -0.15) is 0 Å². The fourth-order valence-electron chi connectivity index (χ4n) is 0.673. The summed E-state index contributed by atoms with van der Waals surface area (Å²) in [5.41, 5.74) is 10.5. The highest BCUT2D eigenvalue weighted by atomic mass is 16.5. The molecule has 10 heavy (non-hydrogen) atoms. The van der Waals surface area contributed by atoms with Crippen LogP contribution in [0.25, 0.3) is 0 Å². The number of unbranched alkanes of at least 4 members (excludes halogenated alkanes) is 1. The summed E-state index contributed by atoms with van der Waals surface area (Å²) < 4.78 is 0.